The Morgan fingerprint density at radius 1 is 1.12 bits per heavy atom. The third kappa shape index (κ3) is 5.33. The number of carbonyl (C=O) groups is 2. The molecule has 0 radical (unpaired) electrons. The molecule has 2 aliphatic heterocycles. The fraction of sp³-hybridized carbons (Fsp3) is 0.895. The monoisotopic (exact) mass is 368 g/mol. The van der Waals surface area contributed by atoms with Crippen molar-refractivity contribution in [2.24, 2.45) is 5.92 Å². The number of hydrogen-bond donors (Lipinski definition) is 2. The van der Waals surface area contributed by atoms with E-state index in [2.05, 4.69) is 24.1 Å². The highest BCUT2D eigenvalue weighted by Crippen LogP contribution is 2.17. The standard InChI is InChI=1S/C19H36N4O3/c1-5-14(2)17(20-19(26)21-8-6-7-9-21)18(25)23-11-10-22(13-16(4)24)15(3)12-23/h14-17,24H,5-13H2,1-4H3,(H,20,26)/t14-,15+,16-,17-/m0/s1. The van der Waals surface area contributed by atoms with Crippen molar-refractivity contribution in [2.45, 2.75) is 65.1 Å². The Morgan fingerprint density at radius 2 is 1.77 bits per heavy atom. The van der Waals surface area contributed by atoms with Gasteiger partial charge in [-0.25, -0.2) is 4.79 Å². The SMILES string of the molecule is CC[C@H](C)[C@H](NC(=O)N1CCCC1)C(=O)N1CCN(C[C@H](C)O)[C@H](C)C1. The van der Waals surface area contributed by atoms with Crippen molar-refractivity contribution in [3.8, 4) is 0 Å². The van der Waals surface area contributed by atoms with Crippen LogP contribution in [0, 0.1) is 5.92 Å². The van der Waals surface area contributed by atoms with Gasteiger partial charge in [-0.1, -0.05) is 20.3 Å². The lowest BCUT2D eigenvalue weighted by molar-refractivity contribution is -0.137. The van der Waals surface area contributed by atoms with Crippen molar-refractivity contribution in [3.05, 3.63) is 0 Å². The van der Waals surface area contributed by atoms with Crippen molar-refractivity contribution in [1.29, 1.82) is 0 Å². The second-order valence-corrected chi connectivity index (χ2v) is 7.98. The minimum atomic E-state index is -0.469. The number of urea groups is 1. The van der Waals surface area contributed by atoms with Crippen LogP contribution in [-0.4, -0.2) is 89.2 Å². The summed E-state index contributed by atoms with van der Waals surface area (Å²) in [6, 6.07) is -0.375. The van der Waals surface area contributed by atoms with Gasteiger partial charge >= 0.3 is 6.03 Å². The number of rotatable bonds is 6. The molecule has 7 heteroatoms. The van der Waals surface area contributed by atoms with Crippen molar-refractivity contribution >= 4 is 11.9 Å². The zero-order chi connectivity index (χ0) is 19.3. The van der Waals surface area contributed by atoms with E-state index in [4.69, 9.17) is 0 Å². The molecule has 0 unspecified atom stereocenters. The Hall–Kier alpha value is -1.34. The minimum absolute atomic E-state index is 0.0236. The first-order valence-corrected chi connectivity index (χ1v) is 10.1. The first-order valence-electron chi connectivity index (χ1n) is 10.1. The normalized spacial score (nSPS) is 25.0. The number of aliphatic hydroxyl groups is 1. The Morgan fingerprint density at radius 3 is 2.31 bits per heavy atom. The summed E-state index contributed by atoms with van der Waals surface area (Å²) in [6.45, 7) is 12.2. The molecule has 150 valence electrons. The molecule has 2 N–H and O–H groups in total. The van der Waals surface area contributed by atoms with Crippen LogP contribution < -0.4 is 5.32 Å². The molecule has 0 aromatic rings. The van der Waals surface area contributed by atoms with Gasteiger partial charge in [0.1, 0.15) is 6.04 Å². The lowest BCUT2D eigenvalue weighted by Gasteiger charge is -2.42. The average Bonchev–Trinajstić information content (AvgIpc) is 3.14. The van der Waals surface area contributed by atoms with E-state index in [1.807, 2.05) is 16.7 Å². The number of carbonyl (C=O) groups excluding carboxylic acids is 2. The van der Waals surface area contributed by atoms with Crippen molar-refractivity contribution in [2.75, 3.05) is 39.3 Å². The third-order valence-electron chi connectivity index (χ3n) is 5.73. The van der Waals surface area contributed by atoms with Crippen molar-refractivity contribution in [1.82, 2.24) is 20.0 Å². The second-order valence-electron chi connectivity index (χ2n) is 7.98. The zero-order valence-electron chi connectivity index (χ0n) is 16.8. The molecular formula is C19H36N4O3. The summed E-state index contributed by atoms with van der Waals surface area (Å²) in [6.07, 6.45) is 2.55. The molecular weight excluding hydrogens is 332 g/mol. The van der Waals surface area contributed by atoms with Crippen LogP contribution in [0.15, 0.2) is 0 Å². The number of aliphatic hydroxyl groups excluding tert-OH is 1. The lowest BCUT2D eigenvalue weighted by atomic mass is 9.97. The summed E-state index contributed by atoms with van der Waals surface area (Å²) in [4.78, 5) is 31.6. The van der Waals surface area contributed by atoms with E-state index in [9.17, 15) is 14.7 Å². The Balaban J connectivity index is 1.99. The summed E-state index contributed by atoms with van der Waals surface area (Å²) < 4.78 is 0. The third-order valence-corrected chi connectivity index (χ3v) is 5.73. The Bertz CT molecular complexity index is 479. The largest absolute Gasteiger partial charge is 0.392 e. The zero-order valence-corrected chi connectivity index (χ0v) is 16.8. The van der Waals surface area contributed by atoms with Crippen LogP contribution in [0.5, 0.6) is 0 Å². The first kappa shape index (κ1) is 21.0. The maximum absolute atomic E-state index is 13.1. The molecule has 3 amide bonds. The fourth-order valence-corrected chi connectivity index (χ4v) is 3.83. The molecule has 4 atom stereocenters. The number of hydrogen-bond acceptors (Lipinski definition) is 4. The molecule has 2 fully saturated rings. The minimum Gasteiger partial charge on any atom is -0.392 e. The Labute approximate surface area is 157 Å². The average molecular weight is 369 g/mol. The lowest BCUT2D eigenvalue weighted by Crippen LogP contribution is -2.60. The van der Waals surface area contributed by atoms with Gasteiger partial charge in [0.05, 0.1) is 6.10 Å². The number of β-amino-alcohol motifs (C(OH)–C–C–N with tert-alkyl or cyclic N) is 1. The van der Waals surface area contributed by atoms with Crippen LogP contribution in [0.3, 0.4) is 0 Å². The molecule has 26 heavy (non-hydrogen) atoms. The van der Waals surface area contributed by atoms with Gasteiger partial charge in [0.2, 0.25) is 5.91 Å². The maximum atomic E-state index is 13.1. The summed E-state index contributed by atoms with van der Waals surface area (Å²) in [5.74, 6) is 0.121. The van der Waals surface area contributed by atoms with Gasteiger partial charge in [0.15, 0.2) is 0 Å². The fourth-order valence-electron chi connectivity index (χ4n) is 3.83. The number of nitrogens with zero attached hydrogens (tertiary/aromatic N) is 3. The topological polar surface area (TPSA) is 76.1 Å². The molecule has 0 spiro atoms. The van der Waals surface area contributed by atoms with Crippen LogP contribution in [-0.2, 0) is 4.79 Å². The highest BCUT2D eigenvalue weighted by Gasteiger charge is 2.35. The van der Waals surface area contributed by atoms with Crippen LogP contribution in [0.1, 0.15) is 47.0 Å². The molecule has 0 aromatic heterocycles. The Kier molecular flexibility index (Phi) is 7.70. The molecule has 0 saturated carbocycles. The van der Waals surface area contributed by atoms with Crippen LogP contribution in [0.4, 0.5) is 4.79 Å². The molecule has 0 bridgehead atoms. The number of amides is 3. The molecule has 2 heterocycles. The van der Waals surface area contributed by atoms with Crippen LogP contribution >= 0.6 is 0 Å². The van der Waals surface area contributed by atoms with Gasteiger partial charge in [-0.05, 0) is 32.6 Å². The van der Waals surface area contributed by atoms with Crippen LogP contribution in [0.25, 0.3) is 0 Å². The van der Waals surface area contributed by atoms with E-state index < -0.39 is 6.04 Å². The predicted molar refractivity (Wildman–Crippen MR) is 102 cm³/mol. The predicted octanol–water partition coefficient (Wildman–Crippen LogP) is 1.12. The van der Waals surface area contributed by atoms with Gasteiger partial charge in [0.25, 0.3) is 0 Å². The summed E-state index contributed by atoms with van der Waals surface area (Å²) >= 11 is 0. The quantitative estimate of drug-likeness (QED) is 0.737. The first-order chi connectivity index (χ1) is 12.3. The van der Waals surface area contributed by atoms with Crippen molar-refractivity contribution in [3.63, 3.8) is 0 Å². The van der Waals surface area contributed by atoms with E-state index in [0.717, 1.165) is 38.9 Å². The molecule has 2 rings (SSSR count). The molecule has 0 aromatic carbocycles. The van der Waals surface area contributed by atoms with Gasteiger partial charge in [0, 0.05) is 45.3 Å². The van der Waals surface area contributed by atoms with E-state index >= 15 is 0 Å². The van der Waals surface area contributed by atoms with Gasteiger partial charge in [-0.2, -0.15) is 0 Å². The molecule has 7 nitrogen and oxygen atoms in total. The smallest absolute Gasteiger partial charge is 0.318 e. The number of piperazine rings is 1. The summed E-state index contributed by atoms with van der Waals surface area (Å²) in [5, 5.41) is 12.6. The van der Waals surface area contributed by atoms with Gasteiger partial charge in [-0.3, -0.25) is 9.69 Å². The molecule has 0 aliphatic carbocycles. The summed E-state index contributed by atoms with van der Waals surface area (Å²) in [5.41, 5.74) is 0. The van der Waals surface area contributed by atoms with Crippen LogP contribution in [0.2, 0.25) is 0 Å². The number of nitrogens with one attached hydrogen (secondary N) is 1. The maximum Gasteiger partial charge on any atom is 0.318 e. The van der Waals surface area contributed by atoms with Gasteiger partial charge < -0.3 is 20.2 Å². The highest BCUT2D eigenvalue weighted by atomic mass is 16.3. The second kappa shape index (κ2) is 9.55. The van der Waals surface area contributed by atoms with E-state index in [1.165, 1.54) is 0 Å². The molecule has 2 aliphatic rings. The van der Waals surface area contributed by atoms with E-state index in [-0.39, 0.29) is 30.0 Å². The number of likely N-dealkylation sites (tertiary alicyclic amines) is 1. The highest BCUT2D eigenvalue weighted by molar-refractivity contribution is 5.87. The molecule has 2 saturated heterocycles. The van der Waals surface area contributed by atoms with Crippen molar-refractivity contribution < 1.29 is 14.7 Å². The van der Waals surface area contributed by atoms with E-state index in [0.29, 0.717) is 19.6 Å². The van der Waals surface area contributed by atoms with E-state index in [1.54, 1.807) is 6.92 Å². The van der Waals surface area contributed by atoms with Gasteiger partial charge in [-0.15, -0.1) is 0 Å². The summed E-state index contributed by atoms with van der Waals surface area (Å²) in [7, 11) is 0.